The van der Waals surface area contributed by atoms with E-state index < -0.39 is 0 Å². The second-order valence-electron chi connectivity index (χ2n) is 4.34. The summed E-state index contributed by atoms with van der Waals surface area (Å²) in [6, 6.07) is 6.24. The fourth-order valence-electron chi connectivity index (χ4n) is 1.89. The Morgan fingerprint density at radius 1 is 1.47 bits per heavy atom. The first-order chi connectivity index (χ1) is 8.16. The minimum atomic E-state index is 0.299. The van der Waals surface area contributed by atoms with E-state index in [9.17, 15) is 0 Å². The number of anilines is 2. The third-order valence-electron chi connectivity index (χ3n) is 2.74. The van der Waals surface area contributed by atoms with Crippen molar-refractivity contribution in [3.63, 3.8) is 0 Å². The van der Waals surface area contributed by atoms with Gasteiger partial charge in [0.25, 0.3) is 0 Å². The maximum Gasteiger partial charge on any atom is 0.0946 e. The molecule has 1 unspecified atom stereocenters. The molecule has 3 N–H and O–H groups in total. The maximum absolute atomic E-state index is 5.96. The van der Waals surface area contributed by atoms with Gasteiger partial charge in [-0.2, -0.15) is 0 Å². The van der Waals surface area contributed by atoms with E-state index >= 15 is 0 Å². The summed E-state index contributed by atoms with van der Waals surface area (Å²) in [5.74, 6) is 0. The Labute approximate surface area is 101 Å². The lowest BCUT2D eigenvalue weighted by Gasteiger charge is -2.19. The van der Waals surface area contributed by atoms with Crippen LogP contribution in [0, 0.1) is 6.92 Å². The van der Waals surface area contributed by atoms with Gasteiger partial charge in [0.15, 0.2) is 0 Å². The Balaban J connectivity index is 2.05. The van der Waals surface area contributed by atoms with Crippen LogP contribution in [0.15, 0.2) is 36.9 Å². The molecule has 4 heteroatoms. The molecule has 1 aromatic heterocycles. The van der Waals surface area contributed by atoms with Crippen molar-refractivity contribution in [2.45, 2.75) is 26.4 Å². The summed E-state index contributed by atoms with van der Waals surface area (Å²) in [6.45, 7) is 5.06. The van der Waals surface area contributed by atoms with E-state index in [0.29, 0.717) is 6.04 Å². The van der Waals surface area contributed by atoms with Gasteiger partial charge in [0, 0.05) is 25.0 Å². The van der Waals surface area contributed by atoms with Crippen molar-refractivity contribution in [2.75, 3.05) is 11.1 Å². The predicted molar refractivity (Wildman–Crippen MR) is 70.9 cm³/mol. The van der Waals surface area contributed by atoms with Crippen molar-refractivity contribution in [1.82, 2.24) is 9.55 Å². The summed E-state index contributed by atoms with van der Waals surface area (Å²) in [4.78, 5) is 4.03. The first kappa shape index (κ1) is 11.5. The van der Waals surface area contributed by atoms with Crippen molar-refractivity contribution >= 4 is 11.4 Å². The normalized spacial score (nSPS) is 12.4. The van der Waals surface area contributed by atoms with Gasteiger partial charge in [0.2, 0.25) is 0 Å². The molecule has 0 spiro atoms. The Morgan fingerprint density at radius 3 is 2.94 bits per heavy atom. The third kappa shape index (κ3) is 2.78. The predicted octanol–water partition coefficient (Wildman–Crippen LogP) is 2.27. The molecule has 0 saturated carbocycles. The number of imidazole rings is 1. The van der Waals surface area contributed by atoms with Crippen LogP contribution in [-0.4, -0.2) is 15.6 Å². The number of hydrogen-bond acceptors (Lipinski definition) is 3. The van der Waals surface area contributed by atoms with Gasteiger partial charge in [-0.1, -0.05) is 12.1 Å². The largest absolute Gasteiger partial charge is 0.397 e. The number of nitrogens with two attached hydrogens (primary N) is 1. The van der Waals surface area contributed by atoms with Crippen LogP contribution in [0.25, 0.3) is 0 Å². The van der Waals surface area contributed by atoms with Crippen molar-refractivity contribution in [3.05, 3.63) is 42.5 Å². The number of aromatic nitrogens is 2. The topological polar surface area (TPSA) is 55.9 Å². The standard InChI is InChI=1S/C13H18N4/c1-10-4-3-5-12(14)13(10)16-11(2)8-17-7-6-15-9-17/h3-7,9,11,16H,8,14H2,1-2H3. The zero-order valence-corrected chi connectivity index (χ0v) is 10.2. The monoisotopic (exact) mass is 230 g/mol. The summed E-state index contributed by atoms with van der Waals surface area (Å²) in [6.07, 6.45) is 5.56. The summed E-state index contributed by atoms with van der Waals surface area (Å²) in [7, 11) is 0. The van der Waals surface area contributed by atoms with Gasteiger partial charge in [0.1, 0.15) is 0 Å². The minimum Gasteiger partial charge on any atom is -0.397 e. The molecular weight excluding hydrogens is 212 g/mol. The molecule has 17 heavy (non-hydrogen) atoms. The van der Waals surface area contributed by atoms with Crippen molar-refractivity contribution < 1.29 is 0 Å². The Kier molecular flexibility index (Phi) is 3.32. The van der Waals surface area contributed by atoms with Crippen LogP contribution in [0.3, 0.4) is 0 Å². The Hall–Kier alpha value is -1.97. The van der Waals surface area contributed by atoms with Gasteiger partial charge in [-0.3, -0.25) is 0 Å². The summed E-state index contributed by atoms with van der Waals surface area (Å²) in [5.41, 5.74) is 8.95. The van der Waals surface area contributed by atoms with Gasteiger partial charge in [-0.15, -0.1) is 0 Å². The van der Waals surface area contributed by atoms with E-state index in [1.54, 1.807) is 6.20 Å². The van der Waals surface area contributed by atoms with E-state index in [1.165, 1.54) is 5.56 Å². The lowest BCUT2D eigenvalue weighted by atomic mass is 10.1. The van der Waals surface area contributed by atoms with Gasteiger partial charge in [-0.25, -0.2) is 4.98 Å². The van der Waals surface area contributed by atoms with Crippen LogP contribution in [0.1, 0.15) is 12.5 Å². The van der Waals surface area contributed by atoms with E-state index in [4.69, 9.17) is 5.73 Å². The number of rotatable bonds is 4. The molecule has 0 aliphatic heterocycles. The second kappa shape index (κ2) is 4.91. The van der Waals surface area contributed by atoms with E-state index in [0.717, 1.165) is 17.9 Å². The molecule has 0 aliphatic rings. The van der Waals surface area contributed by atoms with Crippen LogP contribution in [0.2, 0.25) is 0 Å². The number of para-hydroxylation sites is 1. The zero-order valence-electron chi connectivity index (χ0n) is 10.2. The molecule has 2 aromatic rings. The summed E-state index contributed by atoms with van der Waals surface area (Å²) >= 11 is 0. The molecule has 1 heterocycles. The van der Waals surface area contributed by atoms with Gasteiger partial charge >= 0.3 is 0 Å². The highest BCUT2D eigenvalue weighted by atomic mass is 15.1. The molecule has 1 aromatic carbocycles. The molecule has 2 rings (SSSR count). The Bertz CT molecular complexity index is 456. The van der Waals surface area contributed by atoms with Crippen molar-refractivity contribution in [2.24, 2.45) is 0 Å². The molecular formula is C13H18N4. The molecule has 4 nitrogen and oxygen atoms in total. The average Bonchev–Trinajstić information content (AvgIpc) is 2.76. The first-order valence-corrected chi connectivity index (χ1v) is 5.74. The molecule has 1 atom stereocenters. The fraction of sp³-hybridized carbons (Fsp3) is 0.308. The van der Waals surface area contributed by atoms with Gasteiger partial charge in [-0.05, 0) is 25.5 Å². The minimum absolute atomic E-state index is 0.299. The number of benzene rings is 1. The zero-order chi connectivity index (χ0) is 12.3. The van der Waals surface area contributed by atoms with Crippen LogP contribution in [-0.2, 0) is 6.54 Å². The van der Waals surface area contributed by atoms with Crippen LogP contribution >= 0.6 is 0 Å². The average molecular weight is 230 g/mol. The summed E-state index contributed by atoms with van der Waals surface area (Å²) in [5, 5.41) is 3.44. The van der Waals surface area contributed by atoms with Crippen molar-refractivity contribution in [3.8, 4) is 0 Å². The molecule has 0 radical (unpaired) electrons. The van der Waals surface area contributed by atoms with E-state index in [2.05, 4.69) is 30.2 Å². The molecule has 0 amide bonds. The maximum atomic E-state index is 5.96. The molecule has 0 saturated heterocycles. The second-order valence-corrected chi connectivity index (χ2v) is 4.34. The van der Waals surface area contributed by atoms with Gasteiger partial charge < -0.3 is 15.6 Å². The molecule has 0 aliphatic carbocycles. The quantitative estimate of drug-likeness (QED) is 0.792. The van der Waals surface area contributed by atoms with Crippen LogP contribution < -0.4 is 11.1 Å². The SMILES string of the molecule is Cc1cccc(N)c1NC(C)Cn1ccnc1. The van der Waals surface area contributed by atoms with E-state index in [1.807, 2.05) is 29.2 Å². The van der Waals surface area contributed by atoms with E-state index in [-0.39, 0.29) is 0 Å². The molecule has 0 bridgehead atoms. The number of aryl methyl sites for hydroxylation is 1. The first-order valence-electron chi connectivity index (χ1n) is 5.74. The number of nitrogens with zero attached hydrogens (tertiary/aromatic N) is 2. The molecule has 90 valence electrons. The number of nitrogen functional groups attached to an aromatic ring is 1. The highest BCUT2D eigenvalue weighted by molar-refractivity contribution is 5.70. The fourth-order valence-corrected chi connectivity index (χ4v) is 1.89. The summed E-state index contributed by atoms with van der Waals surface area (Å²) < 4.78 is 2.05. The Morgan fingerprint density at radius 2 is 2.29 bits per heavy atom. The molecule has 0 fully saturated rings. The smallest absolute Gasteiger partial charge is 0.0946 e. The van der Waals surface area contributed by atoms with Crippen LogP contribution in [0.5, 0.6) is 0 Å². The lowest BCUT2D eigenvalue weighted by Crippen LogP contribution is -2.22. The number of nitrogens with one attached hydrogen (secondary N) is 1. The lowest BCUT2D eigenvalue weighted by molar-refractivity contribution is 0.619. The number of hydrogen-bond donors (Lipinski definition) is 2. The van der Waals surface area contributed by atoms with Gasteiger partial charge in [0.05, 0.1) is 17.7 Å². The highest BCUT2D eigenvalue weighted by Gasteiger charge is 2.07. The van der Waals surface area contributed by atoms with Crippen molar-refractivity contribution in [1.29, 1.82) is 0 Å². The highest BCUT2D eigenvalue weighted by Crippen LogP contribution is 2.23. The van der Waals surface area contributed by atoms with Crippen LogP contribution in [0.4, 0.5) is 11.4 Å². The third-order valence-corrected chi connectivity index (χ3v) is 2.74.